The van der Waals surface area contributed by atoms with Gasteiger partial charge in [-0.25, -0.2) is 0 Å². The van der Waals surface area contributed by atoms with Gasteiger partial charge in [-0.05, 0) is 0 Å². The fraction of sp³-hybridized carbons (Fsp3) is 0.250. The van der Waals surface area contributed by atoms with Crippen LogP contribution in [0.15, 0.2) is 72.8 Å². The van der Waals surface area contributed by atoms with Crippen LogP contribution in [0.1, 0.15) is 44.5 Å². The standard InChI is InChI=1S/4C8H3F6.Ga.Li/c4*9-7(10,11)5-2-1-3-6(4-5)8(12,13)14;;/h4*2-4H;;/q;;;;-1;+1. The van der Waals surface area contributed by atoms with Crippen molar-refractivity contribution in [3.63, 3.8) is 0 Å². The predicted molar refractivity (Wildman–Crippen MR) is 150 cm³/mol. The van der Waals surface area contributed by atoms with Gasteiger partial charge in [-0.15, -0.1) is 0 Å². The van der Waals surface area contributed by atoms with Gasteiger partial charge in [0.2, 0.25) is 0 Å². The molecule has 0 radical (unpaired) electrons. The Morgan fingerprint density at radius 1 is 0.207 bits per heavy atom. The molecule has 4 rings (SSSR count). The molecule has 0 spiro atoms. The summed E-state index contributed by atoms with van der Waals surface area (Å²) in [5.41, 5.74) is -21.0. The Morgan fingerprint density at radius 3 is 0.397 bits per heavy atom. The molecule has 4 aromatic rings. The van der Waals surface area contributed by atoms with E-state index in [1.54, 1.807) is 0 Å². The molecule has 0 saturated heterocycles. The van der Waals surface area contributed by atoms with Gasteiger partial charge >= 0.3 is 322 Å². The van der Waals surface area contributed by atoms with Crippen LogP contribution >= 0.6 is 0 Å². The smallest absolute Gasteiger partial charge is 1.00 e. The Balaban J connectivity index is 0.00000900. The zero-order valence-electron chi connectivity index (χ0n) is 27.6. The van der Waals surface area contributed by atoms with Crippen LogP contribution in [-0.4, -0.2) is 15.0 Å². The third-order valence-electron chi connectivity index (χ3n) is 8.44. The van der Waals surface area contributed by atoms with E-state index in [2.05, 4.69) is 0 Å². The van der Waals surface area contributed by atoms with Gasteiger partial charge in [-0.2, -0.15) is 0 Å². The van der Waals surface area contributed by atoms with Gasteiger partial charge in [0.25, 0.3) is 0 Å². The monoisotopic (exact) mass is 928 g/mol. The average molecular weight is 929 g/mol. The van der Waals surface area contributed by atoms with Gasteiger partial charge in [0.15, 0.2) is 0 Å². The first-order valence-electron chi connectivity index (χ1n) is 14.6. The number of rotatable bonds is 4. The van der Waals surface area contributed by atoms with E-state index in [0.29, 0.717) is 0 Å². The minimum absolute atomic E-state index is 0. The molecule has 0 unspecified atom stereocenters. The Hall–Kier alpha value is -3.57. The van der Waals surface area contributed by atoms with E-state index in [0.717, 1.165) is 0 Å². The molecule has 0 aromatic heterocycles. The van der Waals surface area contributed by atoms with E-state index in [1.165, 1.54) is 0 Å². The molecule has 0 aliphatic rings. The molecule has 0 fully saturated rings. The summed E-state index contributed by atoms with van der Waals surface area (Å²) in [7, 11) is 0. The summed E-state index contributed by atoms with van der Waals surface area (Å²) in [5.74, 6) is 0. The second kappa shape index (κ2) is 15.2. The van der Waals surface area contributed by atoms with Crippen LogP contribution in [-0.2, 0) is 49.4 Å². The molecule has 0 nitrogen and oxygen atoms in total. The summed E-state index contributed by atoms with van der Waals surface area (Å²) >= 11 is -8.35. The zero-order chi connectivity index (χ0) is 43.9. The number of hydrogen-bond acceptors (Lipinski definition) is 0. The number of alkyl halides is 24. The van der Waals surface area contributed by atoms with Crippen molar-refractivity contribution in [2.45, 2.75) is 49.4 Å². The maximum Gasteiger partial charge on any atom is 1.00 e. The fourth-order valence-corrected chi connectivity index (χ4v) is 18.1. The largest absolute Gasteiger partial charge is 1.00 e. The van der Waals surface area contributed by atoms with E-state index in [1.807, 2.05) is 0 Å². The van der Waals surface area contributed by atoms with Gasteiger partial charge < -0.3 is 0 Å². The molecule has 0 aliphatic carbocycles. The van der Waals surface area contributed by atoms with Crippen LogP contribution in [0.5, 0.6) is 0 Å². The van der Waals surface area contributed by atoms with Crippen LogP contribution in [0.25, 0.3) is 0 Å². The first-order valence-corrected chi connectivity index (χ1v) is 19.5. The molecule has 0 bridgehead atoms. The van der Waals surface area contributed by atoms with Gasteiger partial charge in [-0.1, -0.05) is 0 Å². The van der Waals surface area contributed by atoms with Gasteiger partial charge in [0.05, 0.1) is 0 Å². The van der Waals surface area contributed by atoms with E-state index in [-0.39, 0.29) is 18.9 Å². The molecule has 0 saturated carbocycles. The summed E-state index contributed by atoms with van der Waals surface area (Å²) in [6.45, 7) is 0. The number of hydrogen-bond donors (Lipinski definition) is 0. The van der Waals surface area contributed by atoms with Crippen molar-refractivity contribution in [2.24, 2.45) is 0 Å². The molecule has 0 amide bonds. The van der Waals surface area contributed by atoms with E-state index in [4.69, 9.17) is 0 Å². The van der Waals surface area contributed by atoms with Crippen molar-refractivity contribution in [2.75, 3.05) is 0 Å². The van der Waals surface area contributed by atoms with E-state index < -0.39 is 198 Å². The molecule has 0 atom stereocenters. The molecule has 312 valence electrons. The summed E-state index contributed by atoms with van der Waals surface area (Å²) in [6, 6.07) is -8.22. The molecule has 0 heterocycles. The van der Waals surface area contributed by atoms with Crippen molar-refractivity contribution in [3.05, 3.63) is 117 Å². The Labute approximate surface area is 321 Å². The van der Waals surface area contributed by atoms with Crippen molar-refractivity contribution < 1.29 is 124 Å². The quantitative estimate of drug-likeness (QED) is 0.143. The van der Waals surface area contributed by atoms with Gasteiger partial charge in [0, 0.05) is 0 Å². The second-order valence-corrected chi connectivity index (χ2v) is 21.5. The molecular formula is C32H12F24GaLi. The molecule has 0 N–H and O–H groups in total. The van der Waals surface area contributed by atoms with E-state index in [9.17, 15) is 105 Å². The second-order valence-electron chi connectivity index (χ2n) is 12.2. The molecule has 0 aliphatic heterocycles. The predicted octanol–water partition coefficient (Wildman–Crippen LogP) is 8.22. The van der Waals surface area contributed by atoms with Crippen LogP contribution in [0.3, 0.4) is 0 Å². The van der Waals surface area contributed by atoms with Crippen molar-refractivity contribution in [1.82, 2.24) is 0 Å². The summed E-state index contributed by atoms with van der Waals surface area (Å²) < 4.78 is 333. The first kappa shape index (κ1) is 48.8. The zero-order valence-corrected chi connectivity index (χ0v) is 30.0. The van der Waals surface area contributed by atoms with Crippen LogP contribution in [0, 0.1) is 0 Å². The van der Waals surface area contributed by atoms with Gasteiger partial charge in [-0.3, -0.25) is 0 Å². The van der Waals surface area contributed by atoms with Crippen LogP contribution in [0.4, 0.5) is 105 Å². The maximum absolute atomic E-state index is 14.2. The van der Waals surface area contributed by atoms with Gasteiger partial charge in [0.1, 0.15) is 0 Å². The minimum atomic E-state index is -8.35. The third kappa shape index (κ3) is 10.2. The maximum atomic E-state index is 14.2. The summed E-state index contributed by atoms with van der Waals surface area (Å²) in [5, 5.41) is 0. The first-order chi connectivity index (χ1) is 25.3. The SMILES string of the molecule is FC(F)(F)c1cc(C(F)(F)F)c[c]([Ga-]([c]2cc(C(F)(F)F)cc(C(F)(F)F)c2)([c]2cc(C(F)(F)F)cc(C(F)(F)F)c2)[c]2cc(C(F)(F)F)cc(C(F)(F)F)c2)c1.[Li+]. The normalized spacial score (nSPS) is 14.1. The average Bonchev–Trinajstić information content (AvgIpc) is 3.01. The van der Waals surface area contributed by atoms with Crippen molar-refractivity contribution in [1.29, 1.82) is 0 Å². The van der Waals surface area contributed by atoms with E-state index >= 15 is 0 Å². The summed E-state index contributed by atoms with van der Waals surface area (Å²) in [6.07, 6.45) is -48.8. The minimum Gasteiger partial charge on any atom is 1.00 e. The Kier molecular flexibility index (Phi) is 12.8. The van der Waals surface area contributed by atoms with Crippen LogP contribution < -0.4 is 35.3 Å². The topological polar surface area (TPSA) is 0 Å². The molecule has 4 aromatic carbocycles. The number of halogens is 24. The van der Waals surface area contributed by atoms with Crippen LogP contribution in [0.2, 0.25) is 0 Å². The molecular weight excluding hydrogens is 917 g/mol. The third-order valence-corrected chi connectivity index (χ3v) is 19.6. The number of benzene rings is 4. The fourth-order valence-electron chi connectivity index (χ4n) is 6.07. The Bertz CT molecular complexity index is 1700. The van der Waals surface area contributed by atoms with Crippen molar-refractivity contribution in [3.8, 4) is 0 Å². The molecule has 58 heavy (non-hydrogen) atoms. The summed E-state index contributed by atoms with van der Waals surface area (Å²) in [4.78, 5) is 0. The molecule has 26 heteroatoms. The Morgan fingerprint density at radius 2 is 0.310 bits per heavy atom. The van der Waals surface area contributed by atoms with Crippen molar-refractivity contribution >= 4 is 31.5 Å².